The first-order valence-corrected chi connectivity index (χ1v) is 7.36. The van der Waals surface area contributed by atoms with E-state index in [4.69, 9.17) is 11.6 Å². The Bertz CT molecular complexity index is 635. The standard InChI is InChI=1S/C14H13ClF2N2S/c1-3-4-12-18-13(15)8(2)14(19-12)20-11-6-5-9(16)7-10(11)17/h5-7H,3-4H2,1-2H3. The zero-order valence-corrected chi connectivity index (χ0v) is 12.7. The molecule has 0 aliphatic rings. The molecular formula is C14H13ClF2N2S. The molecule has 0 saturated heterocycles. The topological polar surface area (TPSA) is 25.8 Å². The van der Waals surface area contributed by atoms with Crippen molar-refractivity contribution in [1.29, 1.82) is 0 Å². The highest BCUT2D eigenvalue weighted by Crippen LogP contribution is 2.33. The minimum Gasteiger partial charge on any atom is -0.226 e. The maximum atomic E-state index is 13.7. The first-order chi connectivity index (χ1) is 9.51. The van der Waals surface area contributed by atoms with Gasteiger partial charge in [0.2, 0.25) is 0 Å². The maximum Gasteiger partial charge on any atom is 0.140 e. The molecule has 2 rings (SSSR count). The molecule has 0 N–H and O–H groups in total. The Balaban J connectivity index is 2.37. The summed E-state index contributed by atoms with van der Waals surface area (Å²) in [4.78, 5) is 8.89. The van der Waals surface area contributed by atoms with Gasteiger partial charge < -0.3 is 0 Å². The summed E-state index contributed by atoms with van der Waals surface area (Å²) < 4.78 is 26.6. The lowest BCUT2D eigenvalue weighted by atomic mass is 10.3. The minimum atomic E-state index is -0.610. The van der Waals surface area contributed by atoms with E-state index in [2.05, 4.69) is 9.97 Å². The van der Waals surface area contributed by atoms with Crippen LogP contribution in [0.5, 0.6) is 0 Å². The van der Waals surface area contributed by atoms with Crippen molar-refractivity contribution in [2.75, 3.05) is 0 Å². The van der Waals surface area contributed by atoms with Gasteiger partial charge in [-0.2, -0.15) is 0 Å². The van der Waals surface area contributed by atoms with Gasteiger partial charge in [0.1, 0.15) is 27.6 Å². The van der Waals surface area contributed by atoms with E-state index < -0.39 is 11.6 Å². The molecule has 0 bridgehead atoms. The number of benzene rings is 1. The predicted molar refractivity (Wildman–Crippen MR) is 76.3 cm³/mol. The Labute approximate surface area is 125 Å². The summed E-state index contributed by atoms with van der Waals surface area (Å²) in [5, 5.41) is 0.965. The molecule has 6 heteroatoms. The van der Waals surface area contributed by atoms with Crippen molar-refractivity contribution in [2.24, 2.45) is 0 Å². The molecule has 0 unspecified atom stereocenters. The molecular weight excluding hydrogens is 302 g/mol. The van der Waals surface area contributed by atoms with E-state index in [9.17, 15) is 8.78 Å². The Morgan fingerprint density at radius 2 is 2.00 bits per heavy atom. The molecule has 106 valence electrons. The molecule has 0 radical (unpaired) electrons. The van der Waals surface area contributed by atoms with Crippen LogP contribution in [-0.4, -0.2) is 9.97 Å². The van der Waals surface area contributed by atoms with Crippen molar-refractivity contribution in [3.05, 3.63) is 46.4 Å². The highest BCUT2D eigenvalue weighted by atomic mass is 35.5. The summed E-state index contributed by atoms with van der Waals surface area (Å²) in [6.45, 7) is 3.80. The Kier molecular flexibility index (Phi) is 4.94. The number of hydrogen-bond acceptors (Lipinski definition) is 3. The van der Waals surface area contributed by atoms with Crippen LogP contribution in [0.2, 0.25) is 5.15 Å². The van der Waals surface area contributed by atoms with Gasteiger partial charge in [0, 0.05) is 22.9 Å². The first-order valence-electron chi connectivity index (χ1n) is 6.17. The van der Waals surface area contributed by atoms with Crippen LogP contribution >= 0.6 is 23.4 Å². The van der Waals surface area contributed by atoms with Gasteiger partial charge in [-0.15, -0.1) is 0 Å². The van der Waals surface area contributed by atoms with E-state index in [1.807, 2.05) is 6.92 Å². The highest BCUT2D eigenvalue weighted by molar-refractivity contribution is 7.99. The van der Waals surface area contributed by atoms with Crippen molar-refractivity contribution in [2.45, 2.75) is 36.6 Å². The molecule has 0 aliphatic heterocycles. The van der Waals surface area contributed by atoms with E-state index >= 15 is 0 Å². The molecule has 2 aromatic rings. The molecule has 1 aromatic carbocycles. The smallest absolute Gasteiger partial charge is 0.140 e. The highest BCUT2D eigenvalue weighted by Gasteiger charge is 2.13. The van der Waals surface area contributed by atoms with Gasteiger partial charge in [0.05, 0.1) is 0 Å². The zero-order valence-electron chi connectivity index (χ0n) is 11.1. The first kappa shape index (κ1) is 15.2. The van der Waals surface area contributed by atoms with Crippen LogP contribution in [0.3, 0.4) is 0 Å². The fourth-order valence-electron chi connectivity index (χ4n) is 1.61. The van der Waals surface area contributed by atoms with Crippen LogP contribution in [-0.2, 0) is 6.42 Å². The number of rotatable bonds is 4. The summed E-state index contributed by atoms with van der Waals surface area (Å²) in [6, 6.07) is 3.47. The molecule has 1 aromatic heterocycles. The largest absolute Gasteiger partial charge is 0.226 e. The van der Waals surface area contributed by atoms with Crippen molar-refractivity contribution in [1.82, 2.24) is 9.97 Å². The van der Waals surface area contributed by atoms with Crippen LogP contribution in [0.4, 0.5) is 8.78 Å². The number of aryl methyl sites for hydroxylation is 1. The SMILES string of the molecule is CCCc1nc(Cl)c(C)c(Sc2ccc(F)cc2F)n1. The van der Waals surface area contributed by atoms with Crippen LogP contribution < -0.4 is 0 Å². The van der Waals surface area contributed by atoms with Gasteiger partial charge in [0.25, 0.3) is 0 Å². The summed E-state index contributed by atoms with van der Waals surface area (Å²) in [6.07, 6.45) is 1.61. The third kappa shape index (κ3) is 3.46. The summed E-state index contributed by atoms with van der Waals surface area (Å²) >= 11 is 7.19. The van der Waals surface area contributed by atoms with Crippen molar-refractivity contribution < 1.29 is 8.78 Å². The lowest BCUT2D eigenvalue weighted by molar-refractivity contribution is 0.565. The predicted octanol–water partition coefficient (Wildman–Crippen LogP) is 4.82. The molecule has 1 heterocycles. The van der Waals surface area contributed by atoms with Crippen LogP contribution in [0.15, 0.2) is 28.1 Å². The quantitative estimate of drug-likeness (QED) is 0.757. The summed E-state index contributed by atoms with van der Waals surface area (Å²) in [5.74, 6) is -0.578. The minimum absolute atomic E-state index is 0.312. The average Bonchev–Trinajstić information content (AvgIpc) is 2.39. The van der Waals surface area contributed by atoms with Crippen LogP contribution in [0.1, 0.15) is 24.7 Å². The lowest BCUT2D eigenvalue weighted by Crippen LogP contribution is -2.00. The second-order valence-corrected chi connectivity index (χ2v) is 5.68. The van der Waals surface area contributed by atoms with Crippen molar-refractivity contribution in [3.63, 3.8) is 0 Å². The van der Waals surface area contributed by atoms with Crippen LogP contribution in [0.25, 0.3) is 0 Å². The maximum absolute atomic E-state index is 13.7. The zero-order chi connectivity index (χ0) is 14.7. The summed E-state index contributed by atoms with van der Waals surface area (Å²) in [7, 11) is 0. The Morgan fingerprint density at radius 3 is 2.65 bits per heavy atom. The van der Waals surface area contributed by atoms with Crippen molar-refractivity contribution in [3.8, 4) is 0 Å². The molecule has 0 atom stereocenters. The van der Waals surface area contributed by atoms with E-state index in [0.29, 0.717) is 32.9 Å². The fourth-order valence-corrected chi connectivity index (χ4v) is 2.75. The average molecular weight is 315 g/mol. The van der Waals surface area contributed by atoms with Gasteiger partial charge >= 0.3 is 0 Å². The van der Waals surface area contributed by atoms with Crippen LogP contribution in [0, 0.1) is 18.6 Å². The van der Waals surface area contributed by atoms with Gasteiger partial charge in [-0.1, -0.05) is 30.3 Å². The van der Waals surface area contributed by atoms with E-state index in [1.54, 1.807) is 6.92 Å². The fraction of sp³-hybridized carbons (Fsp3) is 0.286. The second kappa shape index (κ2) is 6.50. The molecule has 20 heavy (non-hydrogen) atoms. The van der Waals surface area contributed by atoms with Gasteiger partial charge in [-0.25, -0.2) is 18.7 Å². The number of halogens is 3. The second-order valence-electron chi connectivity index (χ2n) is 4.29. The van der Waals surface area contributed by atoms with Crippen molar-refractivity contribution >= 4 is 23.4 Å². The Morgan fingerprint density at radius 1 is 1.25 bits per heavy atom. The van der Waals surface area contributed by atoms with Gasteiger partial charge in [-0.3, -0.25) is 0 Å². The number of hydrogen-bond donors (Lipinski definition) is 0. The molecule has 0 saturated carbocycles. The lowest BCUT2D eigenvalue weighted by Gasteiger charge is -2.09. The number of nitrogens with zero attached hydrogens (tertiary/aromatic N) is 2. The molecule has 0 spiro atoms. The van der Waals surface area contributed by atoms with Gasteiger partial charge in [0.15, 0.2) is 0 Å². The summed E-state index contributed by atoms with van der Waals surface area (Å²) in [5.41, 5.74) is 0.695. The normalized spacial score (nSPS) is 10.8. The third-order valence-electron chi connectivity index (χ3n) is 2.66. The monoisotopic (exact) mass is 314 g/mol. The number of aromatic nitrogens is 2. The molecule has 2 nitrogen and oxygen atoms in total. The van der Waals surface area contributed by atoms with E-state index in [0.717, 1.165) is 24.2 Å². The van der Waals surface area contributed by atoms with E-state index in [-0.39, 0.29) is 0 Å². The third-order valence-corrected chi connectivity index (χ3v) is 4.17. The Hall–Kier alpha value is -1.20. The van der Waals surface area contributed by atoms with E-state index in [1.165, 1.54) is 12.1 Å². The molecule has 0 aliphatic carbocycles. The van der Waals surface area contributed by atoms with Gasteiger partial charge in [-0.05, 0) is 25.5 Å². The molecule has 0 fully saturated rings. The molecule has 0 amide bonds.